The fourth-order valence-electron chi connectivity index (χ4n) is 3.11. The van der Waals surface area contributed by atoms with Crippen molar-refractivity contribution in [2.75, 3.05) is 6.54 Å². The maximum absolute atomic E-state index is 12.6. The molecule has 2 rings (SSSR count). The van der Waals surface area contributed by atoms with Crippen molar-refractivity contribution < 1.29 is 9.59 Å². The first-order valence-corrected chi connectivity index (χ1v) is 7.64. The van der Waals surface area contributed by atoms with Gasteiger partial charge in [0.2, 0.25) is 5.91 Å². The van der Waals surface area contributed by atoms with Crippen molar-refractivity contribution in [3.63, 3.8) is 0 Å². The van der Waals surface area contributed by atoms with Crippen LogP contribution in [0.25, 0.3) is 0 Å². The lowest BCUT2D eigenvalue weighted by Crippen LogP contribution is -2.48. The van der Waals surface area contributed by atoms with Crippen molar-refractivity contribution >= 4 is 11.7 Å². The maximum Gasteiger partial charge on any atom is 0.231 e. The summed E-state index contributed by atoms with van der Waals surface area (Å²) in [4.78, 5) is 26.0. The number of carbonyl (C=O) groups is 2. The van der Waals surface area contributed by atoms with E-state index in [9.17, 15) is 9.59 Å². The average molecular weight is 288 g/mol. The van der Waals surface area contributed by atoms with Gasteiger partial charge in [-0.15, -0.1) is 0 Å². The quantitative estimate of drug-likeness (QED) is 0.817. The summed E-state index contributed by atoms with van der Waals surface area (Å²) in [5.74, 6) is -0.311. The van der Waals surface area contributed by atoms with Crippen LogP contribution in [0.3, 0.4) is 0 Å². The number of benzene rings is 1. The van der Waals surface area contributed by atoms with Gasteiger partial charge in [0.25, 0.3) is 0 Å². The van der Waals surface area contributed by atoms with Gasteiger partial charge >= 0.3 is 0 Å². The van der Waals surface area contributed by atoms with Crippen molar-refractivity contribution in [1.82, 2.24) is 4.90 Å². The molecule has 2 N–H and O–H groups in total. The average Bonchev–Trinajstić information content (AvgIpc) is 2.98. The standard InChI is InChI=1S/C17H24N2O2/c1-12-7-9-14(10-8-12)17(21)13(2)19(11-16(18)20)15-5-3-4-6-15/h7-10,13,15H,3-6,11H2,1-2H3,(H2,18,20). The van der Waals surface area contributed by atoms with Gasteiger partial charge in [0.05, 0.1) is 12.6 Å². The van der Waals surface area contributed by atoms with E-state index >= 15 is 0 Å². The number of aryl methyl sites for hydroxylation is 1. The summed E-state index contributed by atoms with van der Waals surface area (Å²) in [6, 6.07) is 7.56. The van der Waals surface area contributed by atoms with Crippen LogP contribution in [0.1, 0.15) is 48.5 Å². The Balaban J connectivity index is 2.15. The number of primary amides is 1. The van der Waals surface area contributed by atoms with Gasteiger partial charge in [-0.1, -0.05) is 42.7 Å². The number of ketones is 1. The molecule has 1 saturated carbocycles. The molecule has 0 heterocycles. The highest BCUT2D eigenvalue weighted by atomic mass is 16.1. The Morgan fingerprint density at radius 3 is 2.33 bits per heavy atom. The number of hydrogen-bond donors (Lipinski definition) is 1. The van der Waals surface area contributed by atoms with Crippen molar-refractivity contribution in [3.05, 3.63) is 35.4 Å². The summed E-state index contributed by atoms with van der Waals surface area (Å²) in [6.07, 6.45) is 4.40. The topological polar surface area (TPSA) is 63.4 Å². The minimum atomic E-state index is -0.370. The first kappa shape index (κ1) is 15.7. The third-order valence-corrected chi connectivity index (χ3v) is 4.35. The van der Waals surface area contributed by atoms with Crippen molar-refractivity contribution in [2.24, 2.45) is 5.73 Å². The predicted molar refractivity (Wildman–Crippen MR) is 83.1 cm³/mol. The summed E-state index contributed by atoms with van der Waals surface area (Å²) >= 11 is 0. The van der Waals surface area contributed by atoms with Crippen LogP contribution in [-0.2, 0) is 4.79 Å². The van der Waals surface area contributed by atoms with Gasteiger partial charge in [0.1, 0.15) is 0 Å². The van der Waals surface area contributed by atoms with Crippen LogP contribution in [-0.4, -0.2) is 35.2 Å². The SMILES string of the molecule is Cc1ccc(C(=O)C(C)N(CC(N)=O)C2CCCC2)cc1. The largest absolute Gasteiger partial charge is 0.369 e. The third kappa shape index (κ3) is 3.91. The van der Waals surface area contributed by atoms with E-state index in [4.69, 9.17) is 5.73 Å². The van der Waals surface area contributed by atoms with Crippen molar-refractivity contribution in [2.45, 2.75) is 51.6 Å². The molecular formula is C17H24N2O2. The van der Waals surface area contributed by atoms with Gasteiger partial charge in [0, 0.05) is 11.6 Å². The second-order valence-corrected chi connectivity index (χ2v) is 5.98. The van der Waals surface area contributed by atoms with E-state index in [2.05, 4.69) is 0 Å². The predicted octanol–water partition coefficient (Wildman–Crippen LogP) is 2.30. The minimum absolute atomic E-state index is 0.0585. The first-order chi connectivity index (χ1) is 9.99. The Kier molecular flexibility index (Phi) is 5.12. The number of Topliss-reactive ketones (excluding diaryl/α,β-unsaturated/α-hetero) is 1. The van der Waals surface area contributed by atoms with Crippen molar-refractivity contribution in [1.29, 1.82) is 0 Å². The van der Waals surface area contributed by atoms with E-state index in [0.29, 0.717) is 11.6 Å². The molecular weight excluding hydrogens is 264 g/mol. The minimum Gasteiger partial charge on any atom is -0.369 e. The molecule has 1 aliphatic carbocycles. The third-order valence-electron chi connectivity index (χ3n) is 4.35. The molecule has 21 heavy (non-hydrogen) atoms. The molecule has 0 aromatic heterocycles. The zero-order valence-electron chi connectivity index (χ0n) is 12.8. The summed E-state index contributed by atoms with van der Waals surface area (Å²) in [5, 5.41) is 0. The summed E-state index contributed by atoms with van der Waals surface area (Å²) in [6.45, 7) is 4.03. The molecule has 0 radical (unpaired) electrons. The van der Waals surface area contributed by atoms with E-state index in [0.717, 1.165) is 31.2 Å². The fourth-order valence-corrected chi connectivity index (χ4v) is 3.11. The number of nitrogens with two attached hydrogens (primary N) is 1. The van der Waals surface area contributed by atoms with Gasteiger partial charge in [0.15, 0.2) is 5.78 Å². The van der Waals surface area contributed by atoms with Crippen LogP contribution in [0.2, 0.25) is 0 Å². The first-order valence-electron chi connectivity index (χ1n) is 7.64. The second-order valence-electron chi connectivity index (χ2n) is 5.98. The van der Waals surface area contributed by atoms with E-state index in [1.54, 1.807) is 0 Å². The molecule has 1 fully saturated rings. The molecule has 4 heteroatoms. The molecule has 1 aromatic carbocycles. The Labute approximate surface area is 126 Å². The van der Waals surface area contributed by atoms with Crippen LogP contribution in [0, 0.1) is 6.92 Å². The number of hydrogen-bond acceptors (Lipinski definition) is 3. The molecule has 4 nitrogen and oxygen atoms in total. The highest BCUT2D eigenvalue weighted by Crippen LogP contribution is 2.26. The highest BCUT2D eigenvalue weighted by molar-refractivity contribution is 6.00. The van der Waals surface area contributed by atoms with Crippen LogP contribution in [0.15, 0.2) is 24.3 Å². The monoisotopic (exact) mass is 288 g/mol. The summed E-state index contributed by atoms with van der Waals surface area (Å²) in [5.41, 5.74) is 7.19. The van der Waals surface area contributed by atoms with Gasteiger partial charge < -0.3 is 5.73 Å². The lowest BCUT2D eigenvalue weighted by Gasteiger charge is -2.32. The molecule has 0 saturated heterocycles. The molecule has 1 unspecified atom stereocenters. The van der Waals surface area contributed by atoms with Gasteiger partial charge in [-0.2, -0.15) is 0 Å². The fraction of sp³-hybridized carbons (Fsp3) is 0.529. The van der Waals surface area contributed by atoms with Crippen molar-refractivity contribution in [3.8, 4) is 0 Å². The lowest BCUT2D eigenvalue weighted by atomic mass is 10.0. The van der Waals surface area contributed by atoms with Gasteiger partial charge in [-0.25, -0.2) is 0 Å². The normalized spacial score (nSPS) is 17.1. The number of nitrogens with zero attached hydrogens (tertiary/aromatic N) is 1. The number of rotatable bonds is 6. The molecule has 0 aliphatic heterocycles. The van der Waals surface area contributed by atoms with E-state index < -0.39 is 0 Å². The molecule has 0 bridgehead atoms. The smallest absolute Gasteiger partial charge is 0.231 e. The molecule has 0 spiro atoms. The maximum atomic E-state index is 12.6. The summed E-state index contributed by atoms with van der Waals surface area (Å²) in [7, 11) is 0. The van der Waals surface area contributed by atoms with Gasteiger partial charge in [-0.05, 0) is 26.7 Å². The Bertz CT molecular complexity index is 504. The molecule has 1 atom stereocenters. The lowest BCUT2D eigenvalue weighted by molar-refractivity contribution is -0.120. The van der Waals surface area contributed by atoms with E-state index in [1.807, 2.05) is 43.0 Å². The highest BCUT2D eigenvalue weighted by Gasteiger charge is 2.31. The molecule has 1 aliphatic rings. The number of carbonyl (C=O) groups excluding carboxylic acids is 2. The zero-order valence-corrected chi connectivity index (χ0v) is 12.8. The zero-order chi connectivity index (χ0) is 15.4. The molecule has 1 aromatic rings. The van der Waals surface area contributed by atoms with E-state index in [1.165, 1.54) is 0 Å². The Morgan fingerprint density at radius 2 is 1.81 bits per heavy atom. The second kappa shape index (κ2) is 6.85. The summed E-state index contributed by atoms with van der Waals surface area (Å²) < 4.78 is 0. The van der Waals surface area contributed by atoms with Crippen LogP contribution in [0.4, 0.5) is 0 Å². The van der Waals surface area contributed by atoms with E-state index in [-0.39, 0.29) is 24.3 Å². The Hall–Kier alpha value is -1.68. The van der Waals surface area contributed by atoms with Crippen LogP contribution >= 0.6 is 0 Å². The van der Waals surface area contributed by atoms with Crippen LogP contribution < -0.4 is 5.73 Å². The number of amides is 1. The van der Waals surface area contributed by atoms with Gasteiger partial charge in [-0.3, -0.25) is 14.5 Å². The molecule has 1 amide bonds. The van der Waals surface area contributed by atoms with Crippen LogP contribution in [0.5, 0.6) is 0 Å². The molecule has 114 valence electrons. The Morgan fingerprint density at radius 1 is 1.24 bits per heavy atom.